The first-order valence-corrected chi connectivity index (χ1v) is 4.50. The molecule has 0 aromatic carbocycles. The number of likely N-dealkylation sites (N-methyl/N-ethyl adjacent to an activating group) is 1. The van der Waals surface area contributed by atoms with E-state index in [9.17, 15) is 14.9 Å². The first-order valence-electron chi connectivity index (χ1n) is 4.50. The SMILES string of the molecule is CC(C(=O)O)N(C)c1ncccc1[N+](=O)[O-]. The Kier molecular flexibility index (Phi) is 3.39. The van der Waals surface area contributed by atoms with Crippen LogP contribution < -0.4 is 4.90 Å². The molecule has 1 N–H and O–H groups in total. The molecule has 1 rings (SSSR count). The molecule has 16 heavy (non-hydrogen) atoms. The molecule has 1 heterocycles. The van der Waals surface area contributed by atoms with Gasteiger partial charge < -0.3 is 10.0 Å². The number of carbonyl (C=O) groups is 1. The van der Waals surface area contributed by atoms with Crippen LogP contribution in [-0.2, 0) is 4.79 Å². The van der Waals surface area contributed by atoms with Gasteiger partial charge in [0.05, 0.1) is 4.92 Å². The van der Waals surface area contributed by atoms with Crippen LogP contribution in [0, 0.1) is 10.1 Å². The molecular formula is C9H11N3O4. The summed E-state index contributed by atoms with van der Waals surface area (Å²) in [6.07, 6.45) is 1.38. The third kappa shape index (κ3) is 2.25. The molecule has 0 saturated carbocycles. The third-order valence-electron chi connectivity index (χ3n) is 2.24. The largest absolute Gasteiger partial charge is 0.480 e. The highest BCUT2D eigenvalue weighted by Crippen LogP contribution is 2.24. The Balaban J connectivity index is 3.12. The molecule has 0 spiro atoms. The van der Waals surface area contributed by atoms with Crippen LogP contribution in [0.2, 0.25) is 0 Å². The number of aromatic nitrogens is 1. The van der Waals surface area contributed by atoms with Gasteiger partial charge in [-0.05, 0) is 13.0 Å². The molecule has 1 aromatic rings. The molecule has 0 saturated heterocycles. The molecule has 0 fully saturated rings. The van der Waals surface area contributed by atoms with E-state index in [1.54, 1.807) is 0 Å². The highest BCUT2D eigenvalue weighted by molar-refractivity contribution is 5.78. The molecular weight excluding hydrogens is 214 g/mol. The lowest BCUT2D eigenvalue weighted by atomic mass is 10.3. The first-order chi connectivity index (χ1) is 7.45. The predicted molar refractivity (Wildman–Crippen MR) is 56.4 cm³/mol. The van der Waals surface area contributed by atoms with Crippen LogP contribution >= 0.6 is 0 Å². The van der Waals surface area contributed by atoms with E-state index in [0.717, 1.165) is 0 Å². The van der Waals surface area contributed by atoms with E-state index in [4.69, 9.17) is 5.11 Å². The highest BCUT2D eigenvalue weighted by atomic mass is 16.6. The second-order valence-corrected chi connectivity index (χ2v) is 3.23. The molecule has 86 valence electrons. The van der Waals surface area contributed by atoms with Crippen molar-refractivity contribution in [3.05, 3.63) is 28.4 Å². The second-order valence-electron chi connectivity index (χ2n) is 3.23. The minimum atomic E-state index is -1.07. The van der Waals surface area contributed by atoms with Gasteiger partial charge >= 0.3 is 11.7 Å². The predicted octanol–water partition coefficient (Wildman–Crippen LogP) is 0.899. The van der Waals surface area contributed by atoms with Gasteiger partial charge in [-0.15, -0.1) is 0 Å². The Bertz CT molecular complexity index is 421. The van der Waals surface area contributed by atoms with Gasteiger partial charge in [0, 0.05) is 19.3 Å². The fourth-order valence-electron chi connectivity index (χ4n) is 1.15. The van der Waals surface area contributed by atoms with Crippen molar-refractivity contribution in [2.75, 3.05) is 11.9 Å². The number of carboxylic acid groups (broad SMARTS) is 1. The summed E-state index contributed by atoms with van der Waals surface area (Å²) in [4.78, 5) is 26.0. The molecule has 0 aliphatic heterocycles. The minimum absolute atomic E-state index is 0.0439. The average molecular weight is 225 g/mol. The lowest BCUT2D eigenvalue weighted by molar-refractivity contribution is -0.384. The zero-order valence-corrected chi connectivity index (χ0v) is 8.82. The van der Waals surface area contributed by atoms with Crippen LogP contribution in [-0.4, -0.2) is 34.1 Å². The second kappa shape index (κ2) is 4.56. The van der Waals surface area contributed by atoms with Gasteiger partial charge in [0.1, 0.15) is 6.04 Å². The summed E-state index contributed by atoms with van der Waals surface area (Å²) in [6.45, 7) is 1.43. The van der Waals surface area contributed by atoms with Crippen molar-refractivity contribution >= 4 is 17.5 Å². The normalized spacial score (nSPS) is 11.9. The molecule has 1 aromatic heterocycles. The molecule has 0 amide bonds. The molecule has 0 bridgehead atoms. The Hall–Kier alpha value is -2.18. The van der Waals surface area contributed by atoms with E-state index in [1.807, 2.05) is 0 Å². The minimum Gasteiger partial charge on any atom is -0.480 e. The molecule has 7 nitrogen and oxygen atoms in total. The molecule has 0 aliphatic carbocycles. The first kappa shape index (κ1) is 11.9. The topological polar surface area (TPSA) is 96.6 Å². The number of pyridine rings is 1. The highest BCUT2D eigenvalue weighted by Gasteiger charge is 2.24. The maximum absolute atomic E-state index is 10.8. The lowest BCUT2D eigenvalue weighted by Crippen LogP contribution is -2.36. The zero-order chi connectivity index (χ0) is 12.3. The van der Waals surface area contributed by atoms with Crippen LogP contribution in [0.1, 0.15) is 6.92 Å². The van der Waals surface area contributed by atoms with Crippen molar-refractivity contribution in [3.8, 4) is 0 Å². The summed E-state index contributed by atoms with van der Waals surface area (Å²) in [5.41, 5.74) is -0.210. The molecule has 7 heteroatoms. The monoisotopic (exact) mass is 225 g/mol. The van der Waals surface area contributed by atoms with Crippen molar-refractivity contribution in [3.63, 3.8) is 0 Å². The summed E-state index contributed by atoms with van der Waals surface area (Å²) < 4.78 is 0. The van der Waals surface area contributed by atoms with Crippen LogP contribution in [0.3, 0.4) is 0 Å². The van der Waals surface area contributed by atoms with E-state index in [2.05, 4.69) is 4.98 Å². The molecule has 1 atom stereocenters. The van der Waals surface area contributed by atoms with Gasteiger partial charge in [-0.2, -0.15) is 0 Å². The summed E-state index contributed by atoms with van der Waals surface area (Å²) >= 11 is 0. The van der Waals surface area contributed by atoms with Gasteiger partial charge in [-0.25, -0.2) is 9.78 Å². The van der Waals surface area contributed by atoms with Gasteiger partial charge in [0.15, 0.2) is 0 Å². The van der Waals surface area contributed by atoms with Gasteiger partial charge in [-0.3, -0.25) is 10.1 Å². The fourth-order valence-corrected chi connectivity index (χ4v) is 1.15. The van der Waals surface area contributed by atoms with E-state index >= 15 is 0 Å². The van der Waals surface area contributed by atoms with E-state index in [1.165, 1.54) is 37.2 Å². The number of rotatable bonds is 4. The number of anilines is 1. The van der Waals surface area contributed by atoms with Crippen molar-refractivity contribution in [2.45, 2.75) is 13.0 Å². The van der Waals surface area contributed by atoms with E-state index in [-0.39, 0.29) is 11.5 Å². The van der Waals surface area contributed by atoms with Crippen LogP contribution in [0.4, 0.5) is 11.5 Å². The fraction of sp³-hybridized carbons (Fsp3) is 0.333. The van der Waals surface area contributed by atoms with Gasteiger partial charge in [0.25, 0.3) is 0 Å². The van der Waals surface area contributed by atoms with E-state index < -0.39 is 16.9 Å². The molecule has 1 unspecified atom stereocenters. The lowest BCUT2D eigenvalue weighted by Gasteiger charge is -2.21. The maximum atomic E-state index is 10.8. The molecule has 0 radical (unpaired) electrons. The third-order valence-corrected chi connectivity index (χ3v) is 2.24. The zero-order valence-electron chi connectivity index (χ0n) is 8.82. The number of carboxylic acids is 1. The van der Waals surface area contributed by atoms with Crippen molar-refractivity contribution in [1.29, 1.82) is 0 Å². The summed E-state index contributed by atoms with van der Waals surface area (Å²) in [7, 11) is 1.45. The van der Waals surface area contributed by atoms with Crippen LogP contribution in [0.5, 0.6) is 0 Å². The quantitative estimate of drug-likeness (QED) is 0.604. The Morgan fingerprint density at radius 3 is 2.81 bits per heavy atom. The standard InChI is InChI=1S/C9H11N3O4/c1-6(9(13)14)11(2)8-7(12(15)16)4-3-5-10-8/h3-6H,1-2H3,(H,13,14). The van der Waals surface area contributed by atoms with Crippen molar-refractivity contribution < 1.29 is 14.8 Å². The van der Waals surface area contributed by atoms with Crippen molar-refractivity contribution in [2.24, 2.45) is 0 Å². The number of aliphatic carboxylic acids is 1. The summed E-state index contributed by atoms with van der Waals surface area (Å²) in [5.74, 6) is -1.02. The van der Waals surface area contributed by atoms with Crippen LogP contribution in [0.25, 0.3) is 0 Å². The Labute approximate surface area is 91.5 Å². The Morgan fingerprint density at radius 1 is 1.69 bits per heavy atom. The average Bonchev–Trinajstić information content (AvgIpc) is 2.26. The number of hydrogen-bond acceptors (Lipinski definition) is 5. The van der Waals surface area contributed by atoms with Crippen LogP contribution in [0.15, 0.2) is 18.3 Å². The van der Waals surface area contributed by atoms with Gasteiger partial charge in [0.2, 0.25) is 5.82 Å². The molecule has 0 aliphatic rings. The number of nitrogens with zero attached hydrogens (tertiary/aromatic N) is 3. The summed E-state index contributed by atoms with van der Waals surface area (Å²) in [5, 5.41) is 19.5. The number of nitro groups is 1. The maximum Gasteiger partial charge on any atom is 0.326 e. The van der Waals surface area contributed by atoms with Gasteiger partial charge in [-0.1, -0.05) is 0 Å². The Morgan fingerprint density at radius 2 is 2.31 bits per heavy atom. The smallest absolute Gasteiger partial charge is 0.326 e. The van der Waals surface area contributed by atoms with E-state index in [0.29, 0.717) is 0 Å². The van der Waals surface area contributed by atoms with Crippen molar-refractivity contribution in [1.82, 2.24) is 4.98 Å². The summed E-state index contributed by atoms with van der Waals surface area (Å²) in [6, 6.07) is 1.84. The number of hydrogen-bond donors (Lipinski definition) is 1.